The first kappa shape index (κ1) is 45.1. The molecule has 9 aliphatic rings. The Kier molecular flexibility index (Phi) is 10.2. The molecule has 2 bridgehead atoms. The third kappa shape index (κ3) is 6.21. The van der Waals surface area contributed by atoms with E-state index < -0.39 is 6.10 Å². The second kappa shape index (κ2) is 16.2. The molecule has 5 aromatic rings. The lowest BCUT2D eigenvalue weighted by atomic mass is 9.31. The maximum Gasteiger partial charge on any atom is 0.169 e. The number of piperidine rings is 2. The minimum absolute atomic E-state index is 0.0619. The standard InChI is InChI=1S/C62H70N4O6/c67-48-22-14-37(29-51(48)70)13-20-43-44-8-1-9-49(68)53(44)55(72)54(71)45(43)21-12-36-10-15-38(16-11-36)47-32-58(31-42-19-17-40-6-4-26-61(40,34-58)66-42)46-30-41-7-3-25-60(41)28-27-59-24-2-5-39(59)18-23-50(69)56(59)62(60,57(46)65-47)52-33-63-35-64-52/h1,8-11,13-20,22-23,29,33,35,39-42,46-47,50,56-57,65-72H,2-7,12,21,24-28,30-32,34H2,(H,63,64)/b20-13+/t39-,40-,41-,42+,46-,47-,50-,56+,57+,58+,59+,60+,61+,62+/m1/s1. The lowest BCUT2D eigenvalue weighted by Crippen LogP contribution is -2.79. The van der Waals surface area contributed by atoms with Crippen LogP contribution in [-0.4, -0.2) is 64.3 Å². The van der Waals surface area contributed by atoms with E-state index in [4.69, 9.17) is 4.98 Å². The Bertz CT molecular complexity index is 3060. The Morgan fingerprint density at radius 1 is 0.736 bits per heavy atom. The number of aliphatic hydroxyl groups is 1. The number of hydrogen-bond donors (Lipinski definition) is 9. The number of hydrogen-bond acceptors (Lipinski definition) is 9. The molecular weight excluding hydrogens is 897 g/mol. The number of fused-ring (bicyclic) bond motifs is 6. The second-order valence-corrected chi connectivity index (χ2v) is 24.6. The largest absolute Gasteiger partial charge is 0.507 e. The minimum Gasteiger partial charge on any atom is -0.507 e. The highest BCUT2D eigenvalue weighted by atomic mass is 16.3. The second-order valence-electron chi connectivity index (χ2n) is 24.6. The highest BCUT2D eigenvalue weighted by molar-refractivity contribution is 6.03. The van der Waals surface area contributed by atoms with Gasteiger partial charge in [-0.05, 0) is 176 Å². The number of nitrogens with one attached hydrogen (secondary N) is 3. The summed E-state index contributed by atoms with van der Waals surface area (Å²) in [6, 6.07) is 19.5. The number of aliphatic hydroxyl groups excluding tert-OH is 1. The Balaban J connectivity index is 0.862. The third-order valence-electron chi connectivity index (χ3n) is 21.9. The molecule has 9 N–H and O–H groups in total. The maximum atomic E-state index is 12.9. The van der Waals surface area contributed by atoms with E-state index >= 15 is 0 Å². The molecule has 14 rings (SSSR count). The highest BCUT2D eigenvalue weighted by Gasteiger charge is 2.78. The molecule has 0 amide bonds. The number of benzene rings is 4. The number of aryl methyl sites for hydroxylation is 1. The molecule has 10 heteroatoms. The predicted molar refractivity (Wildman–Crippen MR) is 279 cm³/mol. The highest BCUT2D eigenvalue weighted by Crippen LogP contribution is 2.79. The number of H-pyrrole nitrogens is 1. The van der Waals surface area contributed by atoms with Crippen LogP contribution >= 0.6 is 0 Å². The first-order chi connectivity index (χ1) is 35.0. The summed E-state index contributed by atoms with van der Waals surface area (Å²) < 4.78 is 0. The summed E-state index contributed by atoms with van der Waals surface area (Å²) in [4.78, 5) is 8.79. The van der Waals surface area contributed by atoms with Crippen molar-refractivity contribution in [1.29, 1.82) is 0 Å². The van der Waals surface area contributed by atoms with Crippen LogP contribution in [0.1, 0.15) is 136 Å². The van der Waals surface area contributed by atoms with Gasteiger partial charge in [-0.1, -0.05) is 98.2 Å². The number of phenolic OH excluding ortho intramolecular Hbond substituents is 5. The molecule has 4 aromatic carbocycles. The van der Waals surface area contributed by atoms with Crippen molar-refractivity contribution in [2.24, 2.45) is 45.8 Å². The van der Waals surface area contributed by atoms with Crippen molar-refractivity contribution >= 4 is 22.9 Å². The smallest absolute Gasteiger partial charge is 0.169 e. The van der Waals surface area contributed by atoms with Gasteiger partial charge in [0.1, 0.15) is 5.75 Å². The third-order valence-corrected chi connectivity index (χ3v) is 21.9. The van der Waals surface area contributed by atoms with Crippen LogP contribution in [0.25, 0.3) is 22.9 Å². The fourth-order valence-electron chi connectivity index (χ4n) is 19.5. The van der Waals surface area contributed by atoms with Gasteiger partial charge >= 0.3 is 0 Å². The Morgan fingerprint density at radius 2 is 1.57 bits per heavy atom. The first-order valence-corrected chi connectivity index (χ1v) is 27.5. The number of imidazole rings is 1. The van der Waals surface area contributed by atoms with E-state index in [2.05, 4.69) is 70.4 Å². The molecule has 0 unspecified atom stereocenters. The first-order valence-electron chi connectivity index (χ1n) is 27.5. The van der Waals surface area contributed by atoms with Gasteiger partial charge in [-0.3, -0.25) is 0 Å². The fourth-order valence-corrected chi connectivity index (χ4v) is 19.5. The van der Waals surface area contributed by atoms with Crippen LogP contribution in [-0.2, 0) is 18.3 Å². The zero-order valence-electron chi connectivity index (χ0n) is 41.2. The molecule has 72 heavy (non-hydrogen) atoms. The van der Waals surface area contributed by atoms with Crippen LogP contribution < -0.4 is 10.6 Å². The SMILES string of the molecule is Oc1ccc(/C=C/c2c(CCc3ccc([C@H]4C[C@]5(C[C@@H]6C=C[C@H]7CCC[C@@]7(C5)N6)[C@@H]5C[C@H]6CCC[C@]67CC[C@@]68CCC[C@@H]6C=C[C@@H](O)[C@@H]8[C@@]7(c6cnc[nH]6)[C@H]5N4)cc3)c(O)c(O)c3c(O)cccc23)cc1O. The number of phenols is 5. The van der Waals surface area contributed by atoms with Gasteiger partial charge in [0, 0.05) is 52.5 Å². The Labute approximate surface area is 422 Å². The summed E-state index contributed by atoms with van der Waals surface area (Å²) in [5.74, 6) is 1.03. The van der Waals surface area contributed by atoms with Gasteiger partial charge in [-0.15, -0.1) is 0 Å². The molecule has 6 aliphatic carbocycles. The van der Waals surface area contributed by atoms with E-state index in [0.717, 1.165) is 18.4 Å². The summed E-state index contributed by atoms with van der Waals surface area (Å²) in [6.07, 6.45) is 36.3. The van der Waals surface area contributed by atoms with Gasteiger partial charge in [-0.2, -0.15) is 0 Å². The maximum absolute atomic E-state index is 12.9. The quantitative estimate of drug-likeness (QED) is 0.0437. The van der Waals surface area contributed by atoms with Crippen LogP contribution in [0.15, 0.2) is 97.5 Å². The van der Waals surface area contributed by atoms with Crippen LogP contribution in [0.2, 0.25) is 0 Å². The van der Waals surface area contributed by atoms with Crippen LogP contribution in [0, 0.1) is 45.8 Å². The normalized spacial score (nSPS) is 39.2. The average Bonchev–Trinajstić information content (AvgIpc) is 4.22. The van der Waals surface area contributed by atoms with Crippen molar-refractivity contribution in [3.05, 3.63) is 131 Å². The van der Waals surface area contributed by atoms with Gasteiger partial charge in [0.25, 0.3) is 0 Å². The van der Waals surface area contributed by atoms with Gasteiger partial charge < -0.3 is 46.3 Å². The van der Waals surface area contributed by atoms with E-state index in [9.17, 15) is 30.6 Å². The number of nitrogens with zero attached hydrogens (tertiary/aromatic N) is 1. The molecule has 374 valence electrons. The molecule has 3 aliphatic heterocycles. The number of rotatable bonds is 7. The molecule has 4 spiro atoms. The molecular formula is C62H70N4O6. The summed E-state index contributed by atoms with van der Waals surface area (Å²) in [5.41, 5.74) is 5.55. The van der Waals surface area contributed by atoms with Crippen molar-refractivity contribution in [3.8, 4) is 28.7 Å². The zero-order valence-corrected chi connectivity index (χ0v) is 41.2. The number of aromatic hydroxyl groups is 5. The van der Waals surface area contributed by atoms with E-state index in [1.54, 1.807) is 18.2 Å². The lowest BCUT2D eigenvalue weighted by Gasteiger charge is -2.75. The summed E-state index contributed by atoms with van der Waals surface area (Å²) in [7, 11) is 0. The summed E-state index contributed by atoms with van der Waals surface area (Å²) in [6.45, 7) is 0. The van der Waals surface area contributed by atoms with Gasteiger partial charge in [0.15, 0.2) is 23.0 Å². The molecule has 7 fully saturated rings. The average molecular weight is 967 g/mol. The summed E-state index contributed by atoms with van der Waals surface area (Å²) >= 11 is 0. The van der Waals surface area contributed by atoms with Crippen molar-refractivity contribution in [1.82, 2.24) is 20.6 Å². The number of aromatic amines is 1. The van der Waals surface area contributed by atoms with Crippen molar-refractivity contribution < 1.29 is 30.6 Å². The van der Waals surface area contributed by atoms with Gasteiger partial charge in [0.2, 0.25) is 0 Å². The molecule has 4 heterocycles. The monoisotopic (exact) mass is 967 g/mol. The topological polar surface area (TPSA) is 174 Å². The fraction of sp³-hybridized carbons (Fsp3) is 0.500. The van der Waals surface area contributed by atoms with Crippen molar-refractivity contribution in [3.63, 3.8) is 0 Å². The number of allylic oxidation sites excluding steroid dienone is 1. The number of aromatic nitrogens is 2. The molecule has 14 atom stereocenters. The lowest BCUT2D eigenvalue weighted by molar-refractivity contribution is -0.220. The zero-order chi connectivity index (χ0) is 48.8. The van der Waals surface area contributed by atoms with E-state index in [0.29, 0.717) is 64.6 Å². The molecule has 2 saturated heterocycles. The predicted octanol–water partition coefficient (Wildman–Crippen LogP) is 11.2. The minimum atomic E-state index is -0.516. The van der Waals surface area contributed by atoms with Crippen molar-refractivity contribution in [2.45, 2.75) is 144 Å². The van der Waals surface area contributed by atoms with E-state index in [1.807, 2.05) is 18.5 Å². The summed E-state index contributed by atoms with van der Waals surface area (Å²) in [5, 5.41) is 76.7. The van der Waals surface area contributed by atoms with E-state index in [-0.39, 0.29) is 79.3 Å². The van der Waals surface area contributed by atoms with Crippen molar-refractivity contribution in [2.75, 3.05) is 0 Å². The molecule has 1 aromatic heterocycles. The van der Waals surface area contributed by atoms with E-state index in [1.165, 1.54) is 113 Å². The molecule has 5 saturated carbocycles. The molecule has 0 radical (unpaired) electrons. The Hall–Kier alpha value is -5.55. The van der Waals surface area contributed by atoms with Crippen LogP contribution in [0.5, 0.6) is 28.7 Å². The van der Waals surface area contributed by atoms with Gasteiger partial charge in [0.05, 0.1) is 17.8 Å². The molecule has 10 nitrogen and oxygen atoms in total. The van der Waals surface area contributed by atoms with Crippen LogP contribution in [0.4, 0.5) is 0 Å². The van der Waals surface area contributed by atoms with Crippen LogP contribution in [0.3, 0.4) is 0 Å². The van der Waals surface area contributed by atoms with Gasteiger partial charge in [-0.25, -0.2) is 4.98 Å². The Morgan fingerprint density at radius 3 is 2.42 bits per heavy atom.